The molecule has 0 radical (unpaired) electrons. The maximum Gasteiger partial charge on any atom is 0.265 e. The first-order valence-electron chi connectivity index (χ1n) is 3.34. The van der Waals surface area contributed by atoms with Crippen molar-refractivity contribution in [3.63, 3.8) is 0 Å². The van der Waals surface area contributed by atoms with E-state index < -0.39 is 31.8 Å². The van der Waals surface area contributed by atoms with Crippen molar-refractivity contribution in [2.24, 2.45) is 0 Å². The molecule has 0 saturated carbocycles. The number of alkyl halides is 2. The van der Waals surface area contributed by atoms with Gasteiger partial charge in [-0.2, -0.15) is 0 Å². The summed E-state index contributed by atoms with van der Waals surface area (Å²) >= 11 is 0. The van der Waals surface area contributed by atoms with Crippen LogP contribution in [0.25, 0.3) is 0 Å². The Labute approximate surface area is 82.7 Å². The van der Waals surface area contributed by atoms with E-state index in [1.54, 1.807) is 0 Å². The van der Waals surface area contributed by atoms with Crippen molar-refractivity contribution >= 4 is 19.7 Å². The summed E-state index contributed by atoms with van der Waals surface area (Å²) in [6.45, 7) is 0. The first kappa shape index (κ1) is 11.3. The van der Waals surface area contributed by atoms with Gasteiger partial charge in [0.2, 0.25) is 0 Å². The Morgan fingerprint density at radius 1 is 1.29 bits per heavy atom. The van der Waals surface area contributed by atoms with E-state index in [1.165, 1.54) is 0 Å². The first-order chi connectivity index (χ1) is 6.32. The zero-order valence-electron chi connectivity index (χ0n) is 6.55. The van der Waals surface area contributed by atoms with Gasteiger partial charge in [0.1, 0.15) is 5.82 Å². The number of rotatable bonds is 2. The van der Waals surface area contributed by atoms with Gasteiger partial charge in [0.05, 0.1) is 4.90 Å². The van der Waals surface area contributed by atoms with Crippen LogP contribution >= 0.6 is 10.7 Å². The standard InChI is InChI=1S/C7H4ClF3O2S/c8-14(12,13)6-2-1-4(9)3-5(6)7(10)11/h1-3,7H. The average Bonchev–Trinajstić information content (AvgIpc) is 2.01. The third kappa shape index (κ3) is 2.39. The SMILES string of the molecule is O=S(=O)(Cl)c1ccc(F)cc1C(F)F. The van der Waals surface area contributed by atoms with Crippen molar-refractivity contribution in [1.82, 2.24) is 0 Å². The van der Waals surface area contributed by atoms with Crippen LogP contribution in [0.3, 0.4) is 0 Å². The lowest BCUT2D eigenvalue weighted by Crippen LogP contribution is -1.99. The van der Waals surface area contributed by atoms with Gasteiger partial charge in [0, 0.05) is 16.2 Å². The van der Waals surface area contributed by atoms with E-state index in [9.17, 15) is 21.6 Å². The molecule has 0 fully saturated rings. The Balaban J connectivity index is 3.45. The zero-order chi connectivity index (χ0) is 10.9. The molecule has 0 aliphatic rings. The van der Waals surface area contributed by atoms with Crippen LogP contribution in [0.1, 0.15) is 12.0 Å². The molecule has 0 aliphatic heterocycles. The van der Waals surface area contributed by atoms with Gasteiger partial charge in [-0.15, -0.1) is 0 Å². The van der Waals surface area contributed by atoms with E-state index in [1.807, 2.05) is 0 Å². The second-order valence-electron chi connectivity index (χ2n) is 2.42. The largest absolute Gasteiger partial charge is 0.265 e. The van der Waals surface area contributed by atoms with Crippen LogP contribution in [-0.2, 0) is 9.05 Å². The molecular weight excluding hydrogens is 241 g/mol. The van der Waals surface area contributed by atoms with Gasteiger partial charge in [0.25, 0.3) is 15.5 Å². The molecule has 0 amide bonds. The van der Waals surface area contributed by atoms with E-state index in [0.717, 1.165) is 6.07 Å². The zero-order valence-corrected chi connectivity index (χ0v) is 8.12. The summed E-state index contributed by atoms with van der Waals surface area (Å²) in [6, 6.07) is 1.90. The highest BCUT2D eigenvalue weighted by atomic mass is 35.7. The van der Waals surface area contributed by atoms with Crippen molar-refractivity contribution in [1.29, 1.82) is 0 Å². The normalized spacial score (nSPS) is 12.1. The molecule has 0 aromatic heterocycles. The molecule has 2 nitrogen and oxygen atoms in total. The molecule has 78 valence electrons. The molecule has 0 atom stereocenters. The second-order valence-corrected chi connectivity index (χ2v) is 4.96. The Morgan fingerprint density at radius 3 is 2.29 bits per heavy atom. The van der Waals surface area contributed by atoms with Gasteiger partial charge >= 0.3 is 0 Å². The predicted molar refractivity (Wildman–Crippen MR) is 44.4 cm³/mol. The van der Waals surface area contributed by atoms with E-state index >= 15 is 0 Å². The molecule has 0 heterocycles. The highest BCUT2D eigenvalue weighted by molar-refractivity contribution is 8.13. The molecule has 7 heteroatoms. The summed E-state index contributed by atoms with van der Waals surface area (Å²) in [5, 5.41) is 0. The van der Waals surface area contributed by atoms with Crippen LogP contribution in [0.2, 0.25) is 0 Å². The van der Waals surface area contributed by atoms with Crippen molar-refractivity contribution in [3.05, 3.63) is 29.6 Å². The molecule has 0 N–H and O–H groups in total. The molecule has 1 aromatic carbocycles. The molecule has 0 aliphatic carbocycles. The lowest BCUT2D eigenvalue weighted by Gasteiger charge is -2.04. The minimum atomic E-state index is -4.27. The van der Waals surface area contributed by atoms with E-state index in [4.69, 9.17) is 10.7 Å². The van der Waals surface area contributed by atoms with Gasteiger partial charge in [-0.3, -0.25) is 0 Å². The topological polar surface area (TPSA) is 34.1 Å². The number of hydrogen-bond donors (Lipinski definition) is 0. The molecular formula is C7H4ClF3O2S. The maximum absolute atomic E-state index is 12.5. The highest BCUT2D eigenvalue weighted by Crippen LogP contribution is 2.29. The molecule has 0 saturated heterocycles. The Morgan fingerprint density at radius 2 is 1.86 bits per heavy atom. The van der Waals surface area contributed by atoms with Crippen molar-refractivity contribution in [2.45, 2.75) is 11.3 Å². The van der Waals surface area contributed by atoms with Crippen molar-refractivity contribution < 1.29 is 21.6 Å². The van der Waals surface area contributed by atoms with Crippen LogP contribution in [-0.4, -0.2) is 8.42 Å². The smallest absolute Gasteiger partial charge is 0.207 e. The average molecular weight is 245 g/mol. The Hall–Kier alpha value is -0.750. The van der Waals surface area contributed by atoms with Crippen LogP contribution in [0.15, 0.2) is 23.1 Å². The Bertz CT molecular complexity index is 444. The van der Waals surface area contributed by atoms with Gasteiger partial charge in [-0.1, -0.05) is 0 Å². The van der Waals surface area contributed by atoms with Crippen molar-refractivity contribution in [2.75, 3.05) is 0 Å². The number of hydrogen-bond acceptors (Lipinski definition) is 2. The first-order valence-corrected chi connectivity index (χ1v) is 5.65. The lowest BCUT2D eigenvalue weighted by molar-refractivity contribution is 0.147. The van der Waals surface area contributed by atoms with Gasteiger partial charge < -0.3 is 0 Å². The minimum Gasteiger partial charge on any atom is -0.207 e. The highest BCUT2D eigenvalue weighted by Gasteiger charge is 2.21. The number of halogens is 4. The minimum absolute atomic E-state index is 0.444. The summed E-state index contributed by atoms with van der Waals surface area (Å²) in [5.74, 6) is -0.940. The third-order valence-electron chi connectivity index (χ3n) is 1.47. The van der Waals surface area contributed by atoms with Crippen LogP contribution < -0.4 is 0 Å². The summed E-state index contributed by atoms with van der Waals surface area (Å²) in [6.07, 6.45) is -3.09. The fourth-order valence-corrected chi connectivity index (χ4v) is 1.99. The van der Waals surface area contributed by atoms with E-state index in [0.29, 0.717) is 12.1 Å². The van der Waals surface area contributed by atoms with Gasteiger partial charge in [-0.05, 0) is 18.2 Å². The fourth-order valence-electron chi connectivity index (χ4n) is 0.912. The number of benzene rings is 1. The molecule has 0 unspecified atom stereocenters. The summed E-state index contributed by atoms with van der Waals surface area (Å²) in [7, 11) is 0.607. The molecule has 0 bridgehead atoms. The lowest BCUT2D eigenvalue weighted by atomic mass is 10.2. The predicted octanol–water partition coefficient (Wildman–Crippen LogP) is 2.69. The molecule has 1 rings (SSSR count). The molecule has 1 aromatic rings. The van der Waals surface area contributed by atoms with E-state index in [2.05, 4.69) is 0 Å². The fraction of sp³-hybridized carbons (Fsp3) is 0.143. The summed E-state index contributed by atoms with van der Waals surface area (Å²) in [5.41, 5.74) is -0.931. The van der Waals surface area contributed by atoms with E-state index in [-0.39, 0.29) is 0 Å². The van der Waals surface area contributed by atoms with Crippen LogP contribution in [0, 0.1) is 5.82 Å². The molecule has 14 heavy (non-hydrogen) atoms. The summed E-state index contributed by atoms with van der Waals surface area (Å²) in [4.78, 5) is -0.768. The van der Waals surface area contributed by atoms with Crippen LogP contribution in [0.5, 0.6) is 0 Å². The second kappa shape index (κ2) is 3.78. The van der Waals surface area contributed by atoms with Gasteiger partial charge in [-0.25, -0.2) is 21.6 Å². The van der Waals surface area contributed by atoms with Gasteiger partial charge in [0.15, 0.2) is 0 Å². The Kier molecular flexibility index (Phi) is 3.06. The van der Waals surface area contributed by atoms with Crippen molar-refractivity contribution in [3.8, 4) is 0 Å². The van der Waals surface area contributed by atoms with Crippen LogP contribution in [0.4, 0.5) is 13.2 Å². The summed E-state index contributed by atoms with van der Waals surface area (Å²) < 4.78 is 58.6. The maximum atomic E-state index is 12.5. The quantitative estimate of drug-likeness (QED) is 0.750. The monoisotopic (exact) mass is 244 g/mol. The molecule has 0 spiro atoms. The third-order valence-corrected chi connectivity index (χ3v) is 2.87.